The van der Waals surface area contributed by atoms with Gasteiger partial charge in [-0.3, -0.25) is 14.9 Å². The lowest BCUT2D eigenvalue weighted by Crippen LogP contribution is -2.44. The van der Waals surface area contributed by atoms with Crippen LogP contribution in [-0.2, 0) is 4.79 Å². The quantitative estimate of drug-likeness (QED) is 0.643. The van der Waals surface area contributed by atoms with E-state index in [0.29, 0.717) is 4.91 Å². The van der Waals surface area contributed by atoms with Gasteiger partial charge >= 0.3 is 0 Å². The lowest BCUT2D eigenvalue weighted by Gasteiger charge is -2.34. The van der Waals surface area contributed by atoms with E-state index in [1.165, 1.54) is 5.69 Å². The maximum Gasteiger partial charge on any atom is 0.290 e. The van der Waals surface area contributed by atoms with Crippen LogP contribution >= 0.6 is 11.8 Å². The zero-order valence-corrected chi connectivity index (χ0v) is 17.4. The number of hydrogen-bond acceptors (Lipinski definition) is 6. The van der Waals surface area contributed by atoms with E-state index in [-0.39, 0.29) is 11.1 Å². The van der Waals surface area contributed by atoms with Gasteiger partial charge in [0.15, 0.2) is 0 Å². The first-order chi connectivity index (χ1) is 14.6. The van der Waals surface area contributed by atoms with Crippen molar-refractivity contribution in [1.29, 1.82) is 0 Å². The molecule has 1 aromatic heterocycles. The number of benzene rings is 2. The van der Waals surface area contributed by atoms with Gasteiger partial charge in [0, 0.05) is 42.8 Å². The Hall–Kier alpha value is -3.03. The number of likely N-dealkylation sites (N-methyl/N-ethyl adjacent to an activating group) is 1. The summed E-state index contributed by atoms with van der Waals surface area (Å²) in [6.45, 7) is 4.23. The molecule has 2 saturated heterocycles. The SMILES string of the molecule is CN1CCN(c2ccc(-c3coc4ccc(C=C5SC(=O)NC5=O)cc34)cc2)CC1. The molecule has 3 heterocycles. The molecule has 0 unspecified atom stereocenters. The number of imide groups is 1. The highest BCUT2D eigenvalue weighted by atomic mass is 32.2. The number of fused-ring (bicyclic) bond motifs is 1. The first kappa shape index (κ1) is 19.0. The summed E-state index contributed by atoms with van der Waals surface area (Å²) in [4.78, 5) is 28.4. The number of furan rings is 1. The van der Waals surface area contributed by atoms with Crippen LogP contribution in [0.1, 0.15) is 5.56 Å². The number of carbonyl (C=O) groups excluding carboxylic acids is 2. The van der Waals surface area contributed by atoms with Crippen molar-refractivity contribution in [3.8, 4) is 11.1 Å². The van der Waals surface area contributed by atoms with E-state index in [0.717, 1.165) is 65.6 Å². The lowest BCUT2D eigenvalue weighted by atomic mass is 10.0. The van der Waals surface area contributed by atoms with Gasteiger partial charge in [-0.2, -0.15) is 0 Å². The molecule has 3 aromatic rings. The molecule has 1 N–H and O–H groups in total. The van der Waals surface area contributed by atoms with E-state index in [4.69, 9.17) is 4.42 Å². The number of carbonyl (C=O) groups is 2. The zero-order chi connectivity index (χ0) is 20.7. The van der Waals surface area contributed by atoms with Crippen LogP contribution in [0.2, 0.25) is 0 Å². The second-order valence-electron chi connectivity index (χ2n) is 7.59. The van der Waals surface area contributed by atoms with Crippen molar-refractivity contribution in [1.82, 2.24) is 10.2 Å². The third-order valence-electron chi connectivity index (χ3n) is 5.58. The van der Waals surface area contributed by atoms with E-state index in [1.54, 1.807) is 12.3 Å². The minimum atomic E-state index is -0.350. The fourth-order valence-corrected chi connectivity index (χ4v) is 4.53. The van der Waals surface area contributed by atoms with E-state index >= 15 is 0 Å². The van der Waals surface area contributed by atoms with Gasteiger partial charge in [0.05, 0.1) is 11.2 Å². The van der Waals surface area contributed by atoms with Gasteiger partial charge in [0.25, 0.3) is 11.1 Å². The fraction of sp³-hybridized carbons (Fsp3) is 0.217. The lowest BCUT2D eigenvalue weighted by molar-refractivity contribution is -0.115. The van der Waals surface area contributed by atoms with Crippen LogP contribution in [0.4, 0.5) is 10.5 Å². The van der Waals surface area contributed by atoms with Crippen molar-refractivity contribution in [3.63, 3.8) is 0 Å². The summed E-state index contributed by atoms with van der Waals surface area (Å²) in [6, 6.07) is 14.3. The smallest absolute Gasteiger partial charge is 0.290 e. The number of hydrogen-bond donors (Lipinski definition) is 1. The largest absolute Gasteiger partial charge is 0.464 e. The van der Waals surface area contributed by atoms with Crippen LogP contribution in [0, 0.1) is 0 Å². The highest BCUT2D eigenvalue weighted by Crippen LogP contribution is 2.34. The Morgan fingerprint density at radius 1 is 1.03 bits per heavy atom. The van der Waals surface area contributed by atoms with Gasteiger partial charge in [-0.05, 0) is 60.3 Å². The number of rotatable bonds is 3. The van der Waals surface area contributed by atoms with E-state index in [1.807, 2.05) is 18.2 Å². The van der Waals surface area contributed by atoms with Gasteiger partial charge in [-0.25, -0.2) is 0 Å². The van der Waals surface area contributed by atoms with E-state index in [9.17, 15) is 9.59 Å². The molecule has 5 rings (SSSR count). The minimum Gasteiger partial charge on any atom is -0.464 e. The highest BCUT2D eigenvalue weighted by molar-refractivity contribution is 8.18. The summed E-state index contributed by atoms with van der Waals surface area (Å²) in [5.41, 5.74) is 4.97. The molecule has 6 nitrogen and oxygen atoms in total. The molecule has 0 saturated carbocycles. The summed E-state index contributed by atoms with van der Waals surface area (Å²) in [5, 5.41) is 2.92. The van der Waals surface area contributed by atoms with Crippen molar-refractivity contribution in [2.24, 2.45) is 0 Å². The van der Waals surface area contributed by atoms with Crippen molar-refractivity contribution >= 4 is 45.6 Å². The van der Waals surface area contributed by atoms with Crippen molar-refractivity contribution in [3.05, 3.63) is 59.2 Å². The molecule has 7 heteroatoms. The molecule has 0 aliphatic carbocycles. The van der Waals surface area contributed by atoms with Crippen LogP contribution in [-0.4, -0.2) is 49.3 Å². The van der Waals surface area contributed by atoms with Crippen LogP contribution in [0.15, 0.2) is 58.1 Å². The molecule has 2 aromatic carbocycles. The van der Waals surface area contributed by atoms with E-state index in [2.05, 4.69) is 46.4 Å². The van der Waals surface area contributed by atoms with Crippen LogP contribution in [0.3, 0.4) is 0 Å². The molecule has 0 atom stereocenters. The summed E-state index contributed by atoms with van der Waals surface area (Å²) < 4.78 is 5.75. The van der Waals surface area contributed by atoms with Gasteiger partial charge < -0.3 is 14.2 Å². The Kier molecular flexibility index (Phi) is 4.84. The van der Waals surface area contributed by atoms with Crippen molar-refractivity contribution in [2.45, 2.75) is 0 Å². The monoisotopic (exact) mass is 419 g/mol. The molecular weight excluding hydrogens is 398 g/mol. The summed E-state index contributed by atoms with van der Waals surface area (Å²) in [5.74, 6) is -0.350. The third kappa shape index (κ3) is 3.62. The fourth-order valence-electron chi connectivity index (χ4n) is 3.85. The van der Waals surface area contributed by atoms with Crippen LogP contribution in [0.25, 0.3) is 28.2 Å². The molecule has 2 fully saturated rings. The number of nitrogens with one attached hydrogen (secondary N) is 1. The molecule has 2 aliphatic heterocycles. The average Bonchev–Trinajstić information content (AvgIpc) is 3.31. The highest BCUT2D eigenvalue weighted by Gasteiger charge is 2.25. The molecule has 0 spiro atoms. The Bertz CT molecular complexity index is 1160. The molecule has 152 valence electrons. The first-order valence-corrected chi connectivity index (χ1v) is 10.7. The standard InChI is InChI=1S/C23H21N3O3S/c1-25-8-10-26(11-9-25)17-5-3-16(4-6-17)19-14-29-20-7-2-15(12-18(19)20)13-21-22(27)24-23(28)30-21/h2-7,12-14H,8-11H2,1H3,(H,24,27,28). The first-order valence-electron chi connectivity index (χ1n) is 9.87. The molecule has 0 radical (unpaired) electrons. The van der Waals surface area contributed by atoms with E-state index < -0.39 is 0 Å². The second-order valence-corrected chi connectivity index (χ2v) is 8.61. The number of piperazine rings is 1. The topological polar surface area (TPSA) is 65.8 Å². The maximum absolute atomic E-state index is 11.8. The van der Waals surface area contributed by atoms with Gasteiger partial charge in [-0.15, -0.1) is 0 Å². The number of amides is 2. The number of nitrogens with zero attached hydrogens (tertiary/aromatic N) is 2. The summed E-state index contributed by atoms with van der Waals surface area (Å²) in [6.07, 6.45) is 3.50. The number of thioether (sulfide) groups is 1. The average molecular weight is 420 g/mol. The molecule has 2 amide bonds. The molecular formula is C23H21N3O3S. The van der Waals surface area contributed by atoms with Crippen LogP contribution < -0.4 is 10.2 Å². The second kappa shape index (κ2) is 7.66. The van der Waals surface area contributed by atoms with Crippen molar-refractivity contribution < 1.29 is 14.0 Å². The van der Waals surface area contributed by atoms with Crippen molar-refractivity contribution in [2.75, 3.05) is 38.1 Å². The predicted octanol–water partition coefficient (Wildman–Crippen LogP) is 4.18. The van der Waals surface area contributed by atoms with Gasteiger partial charge in [-0.1, -0.05) is 18.2 Å². The molecule has 0 bridgehead atoms. The normalized spacial score (nSPS) is 19.1. The Morgan fingerprint density at radius 2 is 1.80 bits per heavy atom. The zero-order valence-electron chi connectivity index (χ0n) is 16.6. The minimum absolute atomic E-state index is 0.336. The Labute approximate surface area is 178 Å². The Balaban J connectivity index is 1.44. The molecule has 30 heavy (non-hydrogen) atoms. The van der Waals surface area contributed by atoms with Crippen LogP contribution in [0.5, 0.6) is 0 Å². The molecule has 2 aliphatic rings. The number of anilines is 1. The predicted molar refractivity (Wildman–Crippen MR) is 120 cm³/mol. The summed E-state index contributed by atoms with van der Waals surface area (Å²) in [7, 11) is 2.16. The summed E-state index contributed by atoms with van der Waals surface area (Å²) >= 11 is 0.922. The van der Waals surface area contributed by atoms with Gasteiger partial charge in [0.2, 0.25) is 0 Å². The third-order valence-corrected chi connectivity index (χ3v) is 6.39. The maximum atomic E-state index is 11.8. The Morgan fingerprint density at radius 3 is 2.50 bits per heavy atom. The van der Waals surface area contributed by atoms with Gasteiger partial charge in [0.1, 0.15) is 5.58 Å².